The molecule has 1 unspecified atom stereocenters. The fraction of sp³-hybridized carbons (Fsp3) is 0.364. The number of benzene rings is 1. The van der Waals surface area contributed by atoms with Crippen LogP contribution in [0.2, 0.25) is 0 Å². The average Bonchev–Trinajstić information content (AvgIpc) is 2.29. The van der Waals surface area contributed by atoms with Gasteiger partial charge in [0.2, 0.25) is 0 Å². The second-order valence-corrected chi connectivity index (χ2v) is 3.62. The summed E-state index contributed by atoms with van der Waals surface area (Å²) in [6.07, 6.45) is 0. The predicted octanol–water partition coefficient (Wildman–Crippen LogP) is 1.19. The van der Waals surface area contributed by atoms with E-state index in [0.717, 1.165) is 6.07 Å². The minimum Gasteiger partial charge on any atom is -0.462 e. The van der Waals surface area contributed by atoms with Crippen LogP contribution in [0.3, 0.4) is 0 Å². The van der Waals surface area contributed by atoms with Crippen molar-refractivity contribution < 1.29 is 19.0 Å². The SMILES string of the molecule is CC(CO)COC(=O)c1ccc(N)c(F)c1. The van der Waals surface area contributed by atoms with Gasteiger partial charge in [0.05, 0.1) is 17.9 Å². The number of hydrogen-bond acceptors (Lipinski definition) is 4. The summed E-state index contributed by atoms with van der Waals surface area (Å²) in [5.74, 6) is -1.41. The summed E-state index contributed by atoms with van der Waals surface area (Å²) >= 11 is 0. The zero-order valence-electron chi connectivity index (χ0n) is 8.94. The molecule has 0 aromatic heterocycles. The number of carbonyl (C=O) groups excluding carboxylic acids is 1. The predicted molar refractivity (Wildman–Crippen MR) is 57.3 cm³/mol. The van der Waals surface area contributed by atoms with Crippen molar-refractivity contribution >= 4 is 11.7 Å². The number of rotatable bonds is 4. The summed E-state index contributed by atoms with van der Waals surface area (Å²) in [6.45, 7) is 1.77. The molecular formula is C11H14FNO3. The fourth-order valence-electron chi connectivity index (χ4n) is 1.01. The molecule has 0 fully saturated rings. The van der Waals surface area contributed by atoms with Crippen molar-refractivity contribution in [3.8, 4) is 0 Å². The summed E-state index contributed by atoms with van der Waals surface area (Å²) in [5, 5.41) is 8.73. The van der Waals surface area contributed by atoms with Gasteiger partial charge in [-0.2, -0.15) is 0 Å². The number of ether oxygens (including phenoxy) is 1. The van der Waals surface area contributed by atoms with Crippen LogP contribution in [0.15, 0.2) is 18.2 Å². The number of anilines is 1. The third kappa shape index (κ3) is 3.20. The Balaban J connectivity index is 2.63. The summed E-state index contributed by atoms with van der Waals surface area (Å²) in [6, 6.07) is 3.73. The van der Waals surface area contributed by atoms with Crippen LogP contribution in [0, 0.1) is 11.7 Å². The Morgan fingerprint density at radius 1 is 1.62 bits per heavy atom. The third-order valence-electron chi connectivity index (χ3n) is 2.05. The van der Waals surface area contributed by atoms with Crippen LogP contribution in [0.1, 0.15) is 17.3 Å². The van der Waals surface area contributed by atoms with E-state index in [2.05, 4.69) is 0 Å². The monoisotopic (exact) mass is 227 g/mol. The molecule has 0 amide bonds. The van der Waals surface area contributed by atoms with Crippen LogP contribution in [0.4, 0.5) is 10.1 Å². The van der Waals surface area contributed by atoms with Gasteiger partial charge in [0, 0.05) is 12.5 Å². The molecule has 1 rings (SSSR count). The Bertz CT molecular complexity index is 381. The maximum atomic E-state index is 13.0. The minimum absolute atomic E-state index is 0.0136. The highest BCUT2D eigenvalue weighted by Gasteiger charge is 2.11. The first-order chi connectivity index (χ1) is 7.54. The molecule has 5 heteroatoms. The van der Waals surface area contributed by atoms with Crippen molar-refractivity contribution in [2.24, 2.45) is 5.92 Å². The molecule has 0 aliphatic heterocycles. The van der Waals surface area contributed by atoms with Gasteiger partial charge < -0.3 is 15.6 Å². The van der Waals surface area contributed by atoms with E-state index in [-0.39, 0.29) is 30.4 Å². The van der Waals surface area contributed by atoms with Crippen LogP contribution in [0.25, 0.3) is 0 Å². The largest absolute Gasteiger partial charge is 0.462 e. The van der Waals surface area contributed by atoms with Crippen molar-refractivity contribution in [3.63, 3.8) is 0 Å². The Hall–Kier alpha value is -1.62. The van der Waals surface area contributed by atoms with E-state index in [1.165, 1.54) is 12.1 Å². The van der Waals surface area contributed by atoms with Crippen molar-refractivity contribution in [2.45, 2.75) is 6.92 Å². The highest BCUT2D eigenvalue weighted by Crippen LogP contribution is 2.13. The van der Waals surface area contributed by atoms with E-state index < -0.39 is 11.8 Å². The number of carbonyl (C=O) groups is 1. The molecule has 0 bridgehead atoms. The Morgan fingerprint density at radius 2 is 2.31 bits per heavy atom. The molecule has 16 heavy (non-hydrogen) atoms. The lowest BCUT2D eigenvalue weighted by Gasteiger charge is -2.09. The minimum atomic E-state index is -0.648. The number of esters is 1. The maximum Gasteiger partial charge on any atom is 0.338 e. The topological polar surface area (TPSA) is 72.5 Å². The quantitative estimate of drug-likeness (QED) is 0.598. The van der Waals surface area contributed by atoms with Crippen molar-refractivity contribution in [2.75, 3.05) is 18.9 Å². The molecule has 0 heterocycles. The van der Waals surface area contributed by atoms with Gasteiger partial charge in [-0.05, 0) is 18.2 Å². The van der Waals surface area contributed by atoms with Crippen LogP contribution in [-0.2, 0) is 4.74 Å². The number of halogens is 1. The molecular weight excluding hydrogens is 213 g/mol. The standard InChI is InChI=1S/C11H14FNO3/c1-7(5-14)6-16-11(15)8-2-3-10(13)9(12)4-8/h2-4,7,14H,5-6,13H2,1H3. The van der Waals surface area contributed by atoms with Crippen LogP contribution in [-0.4, -0.2) is 24.3 Å². The molecule has 0 saturated carbocycles. The maximum absolute atomic E-state index is 13.0. The van der Waals surface area contributed by atoms with E-state index in [4.69, 9.17) is 15.6 Å². The van der Waals surface area contributed by atoms with Crippen molar-refractivity contribution in [1.29, 1.82) is 0 Å². The van der Waals surface area contributed by atoms with Crippen LogP contribution in [0.5, 0.6) is 0 Å². The smallest absolute Gasteiger partial charge is 0.338 e. The molecule has 0 spiro atoms. The molecule has 3 N–H and O–H groups in total. The first-order valence-electron chi connectivity index (χ1n) is 4.87. The molecule has 0 aliphatic rings. The first kappa shape index (κ1) is 12.4. The highest BCUT2D eigenvalue weighted by molar-refractivity contribution is 5.89. The van der Waals surface area contributed by atoms with Gasteiger partial charge in [0.25, 0.3) is 0 Å². The van der Waals surface area contributed by atoms with Gasteiger partial charge in [-0.3, -0.25) is 0 Å². The second kappa shape index (κ2) is 5.46. The average molecular weight is 227 g/mol. The number of nitrogens with two attached hydrogens (primary N) is 1. The molecule has 1 aromatic carbocycles. The molecule has 88 valence electrons. The van der Waals surface area contributed by atoms with Gasteiger partial charge in [-0.15, -0.1) is 0 Å². The lowest BCUT2D eigenvalue weighted by atomic mass is 10.2. The van der Waals surface area contributed by atoms with Gasteiger partial charge in [-0.25, -0.2) is 9.18 Å². The van der Waals surface area contributed by atoms with Crippen molar-refractivity contribution in [3.05, 3.63) is 29.6 Å². The van der Waals surface area contributed by atoms with E-state index in [1.54, 1.807) is 6.92 Å². The number of hydrogen-bond donors (Lipinski definition) is 2. The lowest BCUT2D eigenvalue weighted by Crippen LogP contribution is -2.14. The normalized spacial score (nSPS) is 12.2. The highest BCUT2D eigenvalue weighted by atomic mass is 19.1. The summed E-state index contributed by atoms with van der Waals surface area (Å²) in [4.78, 5) is 11.4. The van der Waals surface area contributed by atoms with Gasteiger partial charge >= 0.3 is 5.97 Å². The molecule has 0 saturated heterocycles. The zero-order valence-corrected chi connectivity index (χ0v) is 8.94. The number of nitrogen functional groups attached to an aromatic ring is 1. The van der Waals surface area contributed by atoms with Gasteiger partial charge in [-0.1, -0.05) is 6.92 Å². The van der Waals surface area contributed by atoms with E-state index >= 15 is 0 Å². The van der Waals surface area contributed by atoms with Crippen LogP contribution >= 0.6 is 0 Å². The third-order valence-corrected chi connectivity index (χ3v) is 2.05. The first-order valence-corrected chi connectivity index (χ1v) is 4.87. The fourth-order valence-corrected chi connectivity index (χ4v) is 1.01. The van der Waals surface area contributed by atoms with Gasteiger partial charge in [0.1, 0.15) is 5.82 Å². The molecule has 0 aliphatic carbocycles. The van der Waals surface area contributed by atoms with E-state index in [9.17, 15) is 9.18 Å². The molecule has 1 atom stereocenters. The molecule has 4 nitrogen and oxygen atoms in total. The summed E-state index contributed by atoms with van der Waals surface area (Å²) in [5.41, 5.74) is 5.37. The Morgan fingerprint density at radius 3 is 2.88 bits per heavy atom. The van der Waals surface area contributed by atoms with Crippen LogP contribution < -0.4 is 5.73 Å². The zero-order chi connectivity index (χ0) is 12.1. The van der Waals surface area contributed by atoms with E-state index in [0.29, 0.717) is 0 Å². The Labute approximate surface area is 92.8 Å². The Kier molecular flexibility index (Phi) is 4.25. The summed E-state index contributed by atoms with van der Waals surface area (Å²) in [7, 11) is 0. The second-order valence-electron chi connectivity index (χ2n) is 3.62. The number of aliphatic hydroxyl groups is 1. The summed E-state index contributed by atoms with van der Waals surface area (Å²) < 4.78 is 17.9. The van der Waals surface area contributed by atoms with Gasteiger partial charge in [0.15, 0.2) is 0 Å². The molecule has 0 radical (unpaired) electrons. The lowest BCUT2D eigenvalue weighted by molar-refractivity contribution is 0.0405. The van der Waals surface area contributed by atoms with E-state index in [1.807, 2.05) is 0 Å². The number of aliphatic hydroxyl groups excluding tert-OH is 1. The van der Waals surface area contributed by atoms with Crippen molar-refractivity contribution in [1.82, 2.24) is 0 Å². The molecule has 1 aromatic rings.